The zero-order valence-electron chi connectivity index (χ0n) is 14.1. The molecule has 0 radical (unpaired) electrons. The predicted octanol–water partition coefficient (Wildman–Crippen LogP) is 4.50. The van der Waals surface area contributed by atoms with Crippen LogP contribution in [-0.2, 0) is 6.54 Å². The monoisotopic (exact) mass is 378 g/mol. The zero-order valence-corrected chi connectivity index (χ0v) is 15.0. The summed E-state index contributed by atoms with van der Waals surface area (Å²) >= 11 is 1.59. The number of hydrogen-bond acceptors (Lipinski definition) is 6. The Labute approximate surface area is 158 Å². The number of halogens is 1. The van der Waals surface area contributed by atoms with Gasteiger partial charge in [-0.05, 0) is 42.0 Å². The molecule has 0 aliphatic carbocycles. The van der Waals surface area contributed by atoms with Gasteiger partial charge in [0.15, 0.2) is 6.29 Å². The van der Waals surface area contributed by atoms with Crippen LogP contribution in [0.2, 0.25) is 0 Å². The van der Waals surface area contributed by atoms with E-state index < -0.39 is 5.82 Å². The van der Waals surface area contributed by atoms with Crippen molar-refractivity contribution < 1.29 is 9.18 Å². The largest absolute Gasteiger partial charge is 0.396 e. The first-order chi connectivity index (χ1) is 13.1. The average Bonchev–Trinajstić information content (AvgIpc) is 3.15. The molecule has 5 nitrogen and oxygen atoms in total. The number of carbonyl (C=O) groups is 1. The van der Waals surface area contributed by atoms with E-state index in [2.05, 4.69) is 21.4 Å². The molecule has 0 aliphatic rings. The quantitative estimate of drug-likeness (QED) is 0.500. The Balaban J connectivity index is 1.58. The van der Waals surface area contributed by atoms with Gasteiger partial charge < -0.3 is 11.1 Å². The number of anilines is 2. The molecule has 0 saturated heterocycles. The summed E-state index contributed by atoms with van der Waals surface area (Å²) in [6.45, 7) is 0.549. The van der Waals surface area contributed by atoms with Crippen LogP contribution in [0.15, 0.2) is 54.0 Å². The number of carbonyl (C=O) groups excluding carboxylic acids is 1. The number of nitrogens with two attached hydrogens (primary N) is 1. The van der Waals surface area contributed by atoms with E-state index in [1.54, 1.807) is 29.5 Å². The van der Waals surface area contributed by atoms with Gasteiger partial charge in [-0.3, -0.25) is 4.79 Å². The van der Waals surface area contributed by atoms with Crippen molar-refractivity contribution in [1.29, 1.82) is 0 Å². The maximum Gasteiger partial charge on any atom is 0.152 e. The number of thiazole rings is 1. The summed E-state index contributed by atoms with van der Waals surface area (Å²) in [5, 5.41) is 3.23. The lowest BCUT2D eigenvalue weighted by Gasteiger charge is -2.11. The molecule has 0 bridgehead atoms. The number of aromatic nitrogens is 2. The summed E-state index contributed by atoms with van der Waals surface area (Å²) in [5.41, 5.74) is 11.6. The number of pyridine rings is 1. The number of nitrogen functional groups attached to an aromatic ring is 1. The molecule has 134 valence electrons. The third kappa shape index (κ3) is 3.50. The number of nitrogens with one attached hydrogen (secondary N) is 1. The van der Waals surface area contributed by atoms with Gasteiger partial charge in [-0.2, -0.15) is 0 Å². The van der Waals surface area contributed by atoms with E-state index in [0.717, 1.165) is 15.8 Å². The highest BCUT2D eigenvalue weighted by molar-refractivity contribution is 7.16. The molecule has 4 rings (SSSR count). The van der Waals surface area contributed by atoms with E-state index in [9.17, 15) is 9.18 Å². The molecule has 0 fully saturated rings. The highest BCUT2D eigenvalue weighted by Gasteiger charge is 2.09. The molecule has 4 aromatic rings. The maximum atomic E-state index is 13.9. The Morgan fingerprint density at radius 3 is 2.85 bits per heavy atom. The van der Waals surface area contributed by atoms with E-state index in [0.29, 0.717) is 35.6 Å². The maximum absolute atomic E-state index is 13.9. The van der Waals surface area contributed by atoms with E-state index in [4.69, 9.17) is 5.73 Å². The van der Waals surface area contributed by atoms with Crippen LogP contribution in [0.4, 0.5) is 15.9 Å². The van der Waals surface area contributed by atoms with Gasteiger partial charge in [0, 0.05) is 12.1 Å². The molecule has 0 unspecified atom stereocenters. The summed E-state index contributed by atoms with van der Waals surface area (Å²) < 4.78 is 15.0. The first kappa shape index (κ1) is 17.1. The van der Waals surface area contributed by atoms with Crippen LogP contribution in [0.1, 0.15) is 15.9 Å². The molecule has 2 heterocycles. The van der Waals surface area contributed by atoms with Crippen LogP contribution in [0.3, 0.4) is 0 Å². The normalized spacial score (nSPS) is 10.9. The van der Waals surface area contributed by atoms with Gasteiger partial charge in [0.05, 0.1) is 32.7 Å². The second-order valence-electron chi connectivity index (χ2n) is 6.00. The van der Waals surface area contributed by atoms with E-state index >= 15 is 0 Å². The number of hydrogen-bond donors (Lipinski definition) is 2. The van der Waals surface area contributed by atoms with E-state index in [1.165, 1.54) is 12.1 Å². The lowest BCUT2D eigenvalue weighted by molar-refractivity contribution is 0.112. The topological polar surface area (TPSA) is 80.9 Å². The Hall–Kier alpha value is -3.32. The Morgan fingerprint density at radius 1 is 1.15 bits per heavy atom. The van der Waals surface area contributed by atoms with Gasteiger partial charge in [-0.1, -0.05) is 12.1 Å². The molecule has 0 atom stereocenters. The van der Waals surface area contributed by atoms with Crippen molar-refractivity contribution in [3.8, 4) is 11.3 Å². The molecule has 27 heavy (non-hydrogen) atoms. The molecular formula is C20H15FN4OS. The van der Waals surface area contributed by atoms with Crippen molar-refractivity contribution in [2.24, 2.45) is 0 Å². The molecular weight excluding hydrogens is 363 g/mol. The van der Waals surface area contributed by atoms with Crippen molar-refractivity contribution in [2.45, 2.75) is 6.54 Å². The van der Waals surface area contributed by atoms with Crippen LogP contribution < -0.4 is 11.1 Å². The highest BCUT2D eigenvalue weighted by Crippen LogP contribution is 2.25. The molecule has 0 amide bonds. The minimum Gasteiger partial charge on any atom is -0.396 e. The summed E-state index contributed by atoms with van der Waals surface area (Å²) in [6, 6.07) is 13.9. The molecule has 0 saturated carbocycles. The molecule has 7 heteroatoms. The first-order valence-corrected chi connectivity index (χ1v) is 9.09. The predicted molar refractivity (Wildman–Crippen MR) is 106 cm³/mol. The van der Waals surface area contributed by atoms with Crippen LogP contribution in [0.25, 0.3) is 21.5 Å². The van der Waals surface area contributed by atoms with Gasteiger partial charge in [-0.25, -0.2) is 14.4 Å². The highest BCUT2D eigenvalue weighted by atomic mass is 32.1. The average molecular weight is 378 g/mol. The minimum absolute atomic E-state index is 0.0194. The molecule has 0 aliphatic heterocycles. The van der Waals surface area contributed by atoms with Crippen molar-refractivity contribution in [3.63, 3.8) is 0 Å². The molecule has 0 spiro atoms. The Morgan fingerprint density at radius 2 is 2.04 bits per heavy atom. The van der Waals surface area contributed by atoms with Gasteiger partial charge in [0.2, 0.25) is 0 Å². The smallest absolute Gasteiger partial charge is 0.152 e. The van der Waals surface area contributed by atoms with Gasteiger partial charge >= 0.3 is 0 Å². The first-order valence-electron chi connectivity index (χ1n) is 8.21. The van der Waals surface area contributed by atoms with Crippen molar-refractivity contribution in [1.82, 2.24) is 9.97 Å². The number of aldehydes is 1. The summed E-state index contributed by atoms with van der Waals surface area (Å²) in [7, 11) is 0. The number of nitrogens with zero attached hydrogens (tertiary/aromatic N) is 2. The van der Waals surface area contributed by atoms with Crippen LogP contribution in [0.5, 0.6) is 0 Å². The number of fused-ring (bicyclic) bond motifs is 1. The Bertz CT molecular complexity index is 1140. The SMILES string of the molecule is Nc1ccc(-c2ccc(C=O)c(F)c2)nc1NCc1ccc2ncsc2c1. The summed E-state index contributed by atoms with van der Waals surface area (Å²) in [5.74, 6) is -0.0507. The standard InChI is InChI=1S/C20H15FN4OS/c21-15-8-13(2-3-14(15)10-26)17-6-4-16(22)20(25-17)23-9-12-1-5-18-19(7-12)27-11-24-18/h1-8,10-11H,9,22H2,(H,23,25). The summed E-state index contributed by atoms with van der Waals surface area (Å²) in [6.07, 6.45) is 0.489. The second kappa shape index (κ2) is 7.13. The third-order valence-electron chi connectivity index (χ3n) is 4.21. The molecule has 2 aromatic carbocycles. The van der Waals surface area contributed by atoms with Gasteiger partial charge in [0.1, 0.15) is 11.6 Å². The number of rotatable bonds is 5. The van der Waals surface area contributed by atoms with Crippen LogP contribution >= 0.6 is 11.3 Å². The Kier molecular flexibility index (Phi) is 4.52. The van der Waals surface area contributed by atoms with Crippen molar-refractivity contribution in [2.75, 3.05) is 11.1 Å². The van der Waals surface area contributed by atoms with Gasteiger partial charge in [0.25, 0.3) is 0 Å². The molecule has 2 aromatic heterocycles. The summed E-state index contributed by atoms with van der Waals surface area (Å²) in [4.78, 5) is 19.5. The second-order valence-corrected chi connectivity index (χ2v) is 6.88. The van der Waals surface area contributed by atoms with Gasteiger partial charge in [-0.15, -0.1) is 11.3 Å². The van der Waals surface area contributed by atoms with E-state index in [1.807, 2.05) is 17.6 Å². The van der Waals surface area contributed by atoms with E-state index in [-0.39, 0.29) is 5.56 Å². The van der Waals surface area contributed by atoms with Crippen molar-refractivity contribution >= 4 is 39.3 Å². The van der Waals surface area contributed by atoms with Crippen LogP contribution in [-0.4, -0.2) is 16.3 Å². The lowest BCUT2D eigenvalue weighted by atomic mass is 10.1. The zero-order chi connectivity index (χ0) is 18.8. The molecule has 3 N–H and O–H groups in total. The lowest BCUT2D eigenvalue weighted by Crippen LogP contribution is -2.05. The van der Waals surface area contributed by atoms with Crippen LogP contribution in [0, 0.1) is 5.82 Å². The fourth-order valence-electron chi connectivity index (χ4n) is 2.75. The number of benzene rings is 2. The minimum atomic E-state index is -0.575. The third-order valence-corrected chi connectivity index (χ3v) is 5.00. The van der Waals surface area contributed by atoms with Crippen molar-refractivity contribution in [3.05, 3.63) is 71.0 Å². The fourth-order valence-corrected chi connectivity index (χ4v) is 3.49. The fraction of sp³-hybridized carbons (Fsp3) is 0.0500.